The van der Waals surface area contributed by atoms with Crippen LogP contribution in [0.4, 0.5) is 0 Å². The van der Waals surface area contributed by atoms with Crippen molar-refractivity contribution in [3.63, 3.8) is 0 Å². The lowest BCUT2D eigenvalue weighted by molar-refractivity contribution is 0.156. The van der Waals surface area contributed by atoms with Crippen LogP contribution in [0.15, 0.2) is 42.5 Å². The highest BCUT2D eigenvalue weighted by molar-refractivity contribution is 5.49. The van der Waals surface area contributed by atoms with Crippen LogP contribution in [0.3, 0.4) is 0 Å². The highest BCUT2D eigenvalue weighted by atomic mass is 16.3. The van der Waals surface area contributed by atoms with Crippen LogP contribution in [0.25, 0.3) is 0 Å². The van der Waals surface area contributed by atoms with Crippen LogP contribution in [0.5, 0.6) is 11.5 Å². The van der Waals surface area contributed by atoms with E-state index in [0.29, 0.717) is 12.1 Å². The molecule has 20 heavy (non-hydrogen) atoms. The van der Waals surface area contributed by atoms with E-state index in [1.807, 2.05) is 30.3 Å². The Morgan fingerprint density at radius 1 is 1.00 bits per heavy atom. The molecule has 0 saturated carbocycles. The number of hydrogen-bond acceptors (Lipinski definition) is 4. The summed E-state index contributed by atoms with van der Waals surface area (Å²) in [5.74, 6) is -0.346. The molecule has 0 aliphatic carbocycles. The molecule has 0 saturated heterocycles. The number of fused-ring (bicyclic) bond motifs is 1. The zero-order valence-corrected chi connectivity index (χ0v) is 11.0. The minimum absolute atomic E-state index is 0.0160. The smallest absolute Gasteiger partial charge is 0.157 e. The van der Waals surface area contributed by atoms with Gasteiger partial charge in [0.1, 0.15) is 0 Å². The number of aliphatic hydroxyl groups is 1. The normalized spacial score (nSPS) is 21.4. The minimum Gasteiger partial charge on any atom is -0.504 e. The van der Waals surface area contributed by atoms with Crippen LogP contribution in [0, 0.1) is 0 Å². The molecule has 2 atom stereocenters. The predicted octanol–water partition coefficient (Wildman–Crippen LogP) is 2.02. The van der Waals surface area contributed by atoms with Crippen molar-refractivity contribution in [1.82, 2.24) is 5.32 Å². The average Bonchev–Trinajstić information content (AvgIpc) is 2.45. The first-order valence-corrected chi connectivity index (χ1v) is 6.66. The van der Waals surface area contributed by atoms with Crippen LogP contribution in [0.2, 0.25) is 0 Å². The highest BCUT2D eigenvalue weighted by Crippen LogP contribution is 2.37. The number of aromatic hydroxyl groups is 2. The summed E-state index contributed by atoms with van der Waals surface area (Å²) in [6.45, 7) is 0.439. The van der Waals surface area contributed by atoms with Crippen molar-refractivity contribution in [3.8, 4) is 11.5 Å². The van der Waals surface area contributed by atoms with Crippen molar-refractivity contribution in [2.45, 2.75) is 18.6 Å². The maximum absolute atomic E-state index is 10.0. The van der Waals surface area contributed by atoms with Gasteiger partial charge in [-0.2, -0.15) is 0 Å². The fourth-order valence-electron chi connectivity index (χ4n) is 2.71. The van der Waals surface area contributed by atoms with E-state index in [-0.39, 0.29) is 17.5 Å². The van der Waals surface area contributed by atoms with Gasteiger partial charge in [-0.3, -0.25) is 0 Å². The molecule has 104 valence electrons. The fraction of sp³-hybridized carbons (Fsp3) is 0.250. The second kappa shape index (κ2) is 5.15. The molecule has 1 aliphatic heterocycles. The van der Waals surface area contributed by atoms with E-state index < -0.39 is 6.10 Å². The summed E-state index contributed by atoms with van der Waals surface area (Å²) < 4.78 is 0. The number of benzene rings is 2. The topological polar surface area (TPSA) is 72.7 Å². The van der Waals surface area contributed by atoms with E-state index in [1.165, 1.54) is 17.7 Å². The van der Waals surface area contributed by atoms with Gasteiger partial charge < -0.3 is 20.6 Å². The first kappa shape index (κ1) is 13.0. The Labute approximate surface area is 117 Å². The second-order valence-corrected chi connectivity index (χ2v) is 5.14. The van der Waals surface area contributed by atoms with Gasteiger partial charge >= 0.3 is 0 Å². The van der Waals surface area contributed by atoms with Crippen LogP contribution >= 0.6 is 0 Å². The lowest BCUT2D eigenvalue weighted by Gasteiger charge is -2.30. The molecule has 4 nitrogen and oxygen atoms in total. The molecule has 0 aromatic heterocycles. The molecule has 1 unspecified atom stereocenters. The second-order valence-electron chi connectivity index (χ2n) is 5.14. The summed E-state index contributed by atoms with van der Waals surface area (Å²) in [5.41, 5.74) is 2.70. The standard InChI is InChI=1S/C16H17NO3/c18-14-7-11-12(8-15(14)19)16(20)9-17-13(11)6-10-4-2-1-3-5-10/h1-5,7-8,13,16-20H,6,9H2/t13-,16?/m0/s1. The predicted molar refractivity (Wildman–Crippen MR) is 75.6 cm³/mol. The molecular weight excluding hydrogens is 254 g/mol. The Bertz CT molecular complexity index is 613. The number of β-amino-alcohol motifs (C(OH)–C–C–N with tert-alkyl or cyclic N) is 1. The number of hydrogen-bond donors (Lipinski definition) is 4. The van der Waals surface area contributed by atoms with Crippen molar-refractivity contribution >= 4 is 0 Å². The van der Waals surface area contributed by atoms with Gasteiger partial charge in [0.25, 0.3) is 0 Å². The van der Waals surface area contributed by atoms with Gasteiger partial charge in [0, 0.05) is 12.6 Å². The summed E-state index contributed by atoms with van der Waals surface area (Å²) >= 11 is 0. The zero-order chi connectivity index (χ0) is 14.1. The van der Waals surface area contributed by atoms with Gasteiger partial charge in [-0.05, 0) is 35.2 Å². The average molecular weight is 271 g/mol. The number of rotatable bonds is 2. The number of phenols is 2. The molecule has 1 heterocycles. The molecule has 0 radical (unpaired) electrons. The number of aliphatic hydroxyl groups excluding tert-OH is 1. The van der Waals surface area contributed by atoms with Crippen molar-refractivity contribution in [2.24, 2.45) is 0 Å². The molecule has 0 amide bonds. The van der Waals surface area contributed by atoms with E-state index in [9.17, 15) is 15.3 Å². The van der Waals surface area contributed by atoms with Crippen molar-refractivity contribution in [2.75, 3.05) is 6.54 Å². The third-order valence-corrected chi connectivity index (χ3v) is 3.75. The van der Waals surface area contributed by atoms with Crippen molar-refractivity contribution in [1.29, 1.82) is 0 Å². The molecule has 3 rings (SSSR count). The van der Waals surface area contributed by atoms with Gasteiger partial charge in [-0.1, -0.05) is 30.3 Å². The molecule has 0 fully saturated rings. The lowest BCUT2D eigenvalue weighted by Crippen LogP contribution is -2.34. The van der Waals surface area contributed by atoms with E-state index in [1.54, 1.807) is 0 Å². The third kappa shape index (κ3) is 2.35. The van der Waals surface area contributed by atoms with Gasteiger partial charge in [0.2, 0.25) is 0 Å². The zero-order valence-electron chi connectivity index (χ0n) is 11.0. The molecule has 0 bridgehead atoms. The lowest BCUT2D eigenvalue weighted by atomic mass is 9.88. The summed E-state index contributed by atoms with van der Waals surface area (Å²) in [6, 6.07) is 13.0. The Balaban J connectivity index is 1.96. The summed E-state index contributed by atoms with van der Waals surface area (Å²) in [6.07, 6.45) is 0.105. The molecule has 2 aromatic carbocycles. The Morgan fingerprint density at radius 2 is 1.65 bits per heavy atom. The van der Waals surface area contributed by atoms with E-state index in [2.05, 4.69) is 5.32 Å². The third-order valence-electron chi connectivity index (χ3n) is 3.75. The summed E-state index contributed by atoms with van der Waals surface area (Å²) in [5, 5.41) is 32.6. The molecule has 2 aromatic rings. The van der Waals surface area contributed by atoms with Gasteiger partial charge in [0.15, 0.2) is 11.5 Å². The Morgan fingerprint density at radius 3 is 2.35 bits per heavy atom. The number of nitrogens with one attached hydrogen (secondary N) is 1. The molecular formula is C16H17NO3. The van der Waals surface area contributed by atoms with Crippen LogP contribution in [-0.2, 0) is 6.42 Å². The van der Waals surface area contributed by atoms with Gasteiger partial charge in [-0.15, -0.1) is 0 Å². The fourth-order valence-corrected chi connectivity index (χ4v) is 2.71. The van der Waals surface area contributed by atoms with E-state index in [4.69, 9.17) is 0 Å². The summed E-state index contributed by atoms with van der Waals surface area (Å²) in [7, 11) is 0. The SMILES string of the molecule is Oc1cc2c(cc1O)[C@H](Cc1ccccc1)NCC2O. The molecule has 4 heteroatoms. The van der Waals surface area contributed by atoms with Crippen molar-refractivity contribution < 1.29 is 15.3 Å². The monoisotopic (exact) mass is 271 g/mol. The minimum atomic E-state index is -0.663. The van der Waals surface area contributed by atoms with E-state index >= 15 is 0 Å². The van der Waals surface area contributed by atoms with E-state index in [0.717, 1.165) is 12.0 Å². The first-order chi connectivity index (χ1) is 9.65. The maximum atomic E-state index is 10.0. The summed E-state index contributed by atoms with van der Waals surface area (Å²) in [4.78, 5) is 0. The molecule has 4 N–H and O–H groups in total. The van der Waals surface area contributed by atoms with Gasteiger partial charge in [-0.25, -0.2) is 0 Å². The number of phenolic OH excluding ortho intramolecular Hbond substituents is 2. The maximum Gasteiger partial charge on any atom is 0.157 e. The van der Waals surface area contributed by atoms with Crippen LogP contribution in [0.1, 0.15) is 28.8 Å². The molecule has 0 spiro atoms. The van der Waals surface area contributed by atoms with Crippen LogP contribution in [-0.4, -0.2) is 21.9 Å². The van der Waals surface area contributed by atoms with Gasteiger partial charge in [0.05, 0.1) is 6.10 Å². The Hall–Kier alpha value is -2.04. The quantitative estimate of drug-likeness (QED) is 0.631. The van der Waals surface area contributed by atoms with Crippen molar-refractivity contribution in [3.05, 3.63) is 59.2 Å². The largest absolute Gasteiger partial charge is 0.504 e. The first-order valence-electron chi connectivity index (χ1n) is 6.66. The highest BCUT2D eigenvalue weighted by Gasteiger charge is 2.27. The molecule has 1 aliphatic rings. The van der Waals surface area contributed by atoms with Crippen LogP contribution < -0.4 is 5.32 Å². The Kier molecular flexibility index (Phi) is 3.34.